The molecule has 0 aromatic heterocycles. The highest BCUT2D eigenvalue weighted by atomic mass is 32.1. The van der Waals surface area contributed by atoms with E-state index in [-0.39, 0.29) is 5.56 Å². The summed E-state index contributed by atoms with van der Waals surface area (Å²) in [6, 6.07) is 7.73. The summed E-state index contributed by atoms with van der Waals surface area (Å²) in [5, 5.41) is 1.51. The van der Waals surface area contributed by atoms with Crippen LogP contribution < -0.4 is 11.2 Å². The number of hydrogen-bond acceptors (Lipinski definition) is 4. The van der Waals surface area contributed by atoms with Crippen LogP contribution in [-0.4, -0.2) is 9.55 Å². The second-order valence-electron chi connectivity index (χ2n) is 4.22. The molecule has 1 aromatic carbocycles. The van der Waals surface area contributed by atoms with E-state index in [0.29, 0.717) is 10.6 Å². The van der Waals surface area contributed by atoms with E-state index in [1.165, 1.54) is 18.4 Å². The van der Waals surface area contributed by atoms with Crippen LogP contribution in [0.25, 0.3) is 20.7 Å². The molecule has 2 aliphatic rings. The Hall–Kier alpha value is -2.01. The fourth-order valence-electron chi connectivity index (χ4n) is 1.96. The smallest absolute Gasteiger partial charge is 0.268 e. The molecule has 0 fully saturated rings. The Morgan fingerprint density at radius 3 is 2.83 bits per heavy atom. The van der Waals surface area contributed by atoms with Crippen LogP contribution in [0.3, 0.4) is 0 Å². The Morgan fingerprint density at radius 2 is 2.06 bits per heavy atom. The molecule has 0 aliphatic carbocycles. The lowest BCUT2D eigenvalue weighted by Crippen LogP contribution is -2.34. The fraction of sp³-hybridized carbons (Fsp3) is 0.154. The van der Waals surface area contributed by atoms with Gasteiger partial charge in [0, 0.05) is 11.7 Å². The van der Waals surface area contributed by atoms with Crippen molar-refractivity contribution in [1.82, 2.24) is 9.55 Å². The van der Waals surface area contributed by atoms with Gasteiger partial charge in [-0.2, -0.15) is 4.98 Å². The zero-order valence-electron chi connectivity index (χ0n) is 9.93. The molecule has 0 saturated heterocycles. The molecule has 0 amide bonds. The van der Waals surface area contributed by atoms with Crippen LogP contribution in [0, 0.1) is 6.92 Å². The van der Waals surface area contributed by atoms with Crippen molar-refractivity contribution in [3.63, 3.8) is 0 Å². The molecular formula is C13H10N2O2S. The summed E-state index contributed by atoms with van der Waals surface area (Å²) < 4.78 is 2.10. The first-order valence-corrected chi connectivity index (χ1v) is 6.30. The molecule has 0 saturated carbocycles. The van der Waals surface area contributed by atoms with Crippen LogP contribution in [0.2, 0.25) is 0 Å². The third-order valence-corrected chi connectivity index (χ3v) is 4.26. The Labute approximate surface area is 107 Å². The van der Waals surface area contributed by atoms with Crippen LogP contribution in [0.4, 0.5) is 0 Å². The van der Waals surface area contributed by atoms with Gasteiger partial charge in [0.05, 0.1) is 5.56 Å². The molecule has 5 heteroatoms. The topological polar surface area (TPSA) is 52.0 Å². The van der Waals surface area contributed by atoms with Gasteiger partial charge in [-0.25, -0.2) is 4.79 Å². The van der Waals surface area contributed by atoms with Gasteiger partial charge in [0.1, 0.15) is 5.01 Å². The van der Waals surface area contributed by atoms with Crippen LogP contribution >= 0.6 is 11.3 Å². The molecule has 0 spiro atoms. The number of hydrogen-bond donors (Lipinski definition) is 0. The summed E-state index contributed by atoms with van der Waals surface area (Å²) in [4.78, 5) is 27.5. The predicted molar refractivity (Wildman–Crippen MR) is 72.5 cm³/mol. The summed E-state index contributed by atoms with van der Waals surface area (Å²) in [6.45, 7) is 2.00. The highest BCUT2D eigenvalue weighted by molar-refractivity contribution is 7.21. The largest absolute Gasteiger partial charge is 0.351 e. The van der Waals surface area contributed by atoms with E-state index >= 15 is 0 Å². The molecule has 90 valence electrons. The minimum atomic E-state index is -0.503. The molecule has 2 heterocycles. The van der Waals surface area contributed by atoms with E-state index in [9.17, 15) is 9.59 Å². The van der Waals surface area contributed by atoms with Crippen LogP contribution in [0.5, 0.6) is 0 Å². The van der Waals surface area contributed by atoms with Gasteiger partial charge in [0.25, 0.3) is 5.56 Å². The number of rotatable bonds is 0. The maximum absolute atomic E-state index is 12.0. The van der Waals surface area contributed by atoms with Gasteiger partial charge >= 0.3 is 5.69 Å². The Bertz CT molecular complexity index is 848. The number of aryl methyl sites for hydroxylation is 1. The summed E-state index contributed by atoms with van der Waals surface area (Å²) in [5.74, 6) is 0. The third kappa shape index (κ3) is 1.48. The van der Waals surface area contributed by atoms with Crippen LogP contribution in [0.1, 0.15) is 5.56 Å². The Morgan fingerprint density at radius 1 is 1.28 bits per heavy atom. The highest BCUT2D eigenvalue weighted by Gasteiger charge is 2.14. The van der Waals surface area contributed by atoms with Crippen LogP contribution in [0.15, 0.2) is 33.9 Å². The molecular weight excluding hydrogens is 248 g/mol. The maximum atomic E-state index is 12.0. The average molecular weight is 258 g/mol. The van der Waals surface area contributed by atoms with Crippen molar-refractivity contribution in [2.45, 2.75) is 6.92 Å². The molecule has 18 heavy (non-hydrogen) atoms. The van der Waals surface area contributed by atoms with E-state index in [1.807, 2.05) is 31.2 Å². The quantitative estimate of drug-likeness (QED) is 0.577. The van der Waals surface area contributed by atoms with Gasteiger partial charge < -0.3 is 0 Å². The first-order chi connectivity index (χ1) is 8.58. The zero-order chi connectivity index (χ0) is 12.9. The molecule has 0 unspecified atom stereocenters. The lowest BCUT2D eigenvalue weighted by Gasteiger charge is -2.07. The molecule has 0 radical (unpaired) electrons. The van der Waals surface area contributed by atoms with Crippen molar-refractivity contribution in [1.29, 1.82) is 0 Å². The number of fused-ring (bicyclic) bond motifs is 2. The first-order valence-electron chi connectivity index (χ1n) is 5.48. The van der Waals surface area contributed by atoms with Crippen molar-refractivity contribution in [2.75, 3.05) is 0 Å². The number of nitrogens with zero attached hydrogens (tertiary/aromatic N) is 2. The molecule has 4 nitrogen and oxygen atoms in total. The maximum Gasteiger partial charge on any atom is 0.351 e. The van der Waals surface area contributed by atoms with E-state index in [4.69, 9.17) is 0 Å². The summed E-state index contributed by atoms with van der Waals surface area (Å²) in [7, 11) is 1.45. The van der Waals surface area contributed by atoms with E-state index in [1.54, 1.807) is 0 Å². The van der Waals surface area contributed by atoms with E-state index < -0.39 is 5.69 Å². The van der Waals surface area contributed by atoms with Gasteiger partial charge in [-0.05, 0) is 23.9 Å². The highest BCUT2D eigenvalue weighted by Crippen LogP contribution is 2.30. The minimum Gasteiger partial charge on any atom is -0.268 e. The predicted octanol–water partition coefficient (Wildman–Crippen LogP) is 1.77. The van der Waals surface area contributed by atoms with Gasteiger partial charge in [-0.15, -0.1) is 11.3 Å². The van der Waals surface area contributed by atoms with Crippen molar-refractivity contribution >= 4 is 21.4 Å². The second-order valence-corrected chi connectivity index (χ2v) is 5.22. The van der Waals surface area contributed by atoms with Gasteiger partial charge in [0.2, 0.25) is 0 Å². The van der Waals surface area contributed by atoms with E-state index in [2.05, 4.69) is 4.98 Å². The minimum absolute atomic E-state index is 0.287. The molecule has 1 aromatic rings. The normalized spacial score (nSPS) is 11.2. The first kappa shape index (κ1) is 11.1. The second kappa shape index (κ2) is 3.74. The molecule has 2 aliphatic heterocycles. The van der Waals surface area contributed by atoms with E-state index in [0.717, 1.165) is 20.2 Å². The summed E-state index contributed by atoms with van der Waals surface area (Å²) in [5.41, 5.74) is 0.830. The van der Waals surface area contributed by atoms with Crippen LogP contribution in [-0.2, 0) is 7.05 Å². The third-order valence-electron chi connectivity index (χ3n) is 2.99. The fourth-order valence-corrected chi connectivity index (χ4v) is 3.01. The lowest BCUT2D eigenvalue weighted by molar-refractivity contribution is 0.781. The Balaban J connectivity index is 2.59. The Kier molecular flexibility index (Phi) is 2.31. The van der Waals surface area contributed by atoms with Gasteiger partial charge in [-0.3, -0.25) is 9.36 Å². The van der Waals surface area contributed by atoms with Gasteiger partial charge in [-0.1, -0.05) is 18.2 Å². The van der Waals surface area contributed by atoms with Crippen molar-refractivity contribution in [3.05, 3.63) is 50.7 Å². The molecule has 0 atom stereocenters. The zero-order valence-corrected chi connectivity index (χ0v) is 10.7. The molecule has 0 N–H and O–H groups in total. The number of benzene rings is 1. The van der Waals surface area contributed by atoms with Crippen molar-refractivity contribution < 1.29 is 0 Å². The molecule has 3 rings (SSSR count). The summed E-state index contributed by atoms with van der Waals surface area (Å²) in [6.07, 6.45) is 0. The van der Waals surface area contributed by atoms with Gasteiger partial charge in [0.15, 0.2) is 0 Å². The lowest BCUT2D eigenvalue weighted by atomic mass is 10.1. The average Bonchev–Trinajstić information content (AvgIpc) is 2.36. The monoisotopic (exact) mass is 258 g/mol. The molecule has 0 bridgehead atoms. The van der Waals surface area contributed by atoms with Crippen molar-refractivity contribution in [3.8, 4) is 10.6 Å². The number of aromatic nitrogens is 2. The standard InChI is InChI=1S/C13H10N2O2S/c1-7-4-3-5-8-6-9-11(18-10(7)8)14-13(17)15(2)12(9)16/h3-6H,1-2H3. The summed E-state index contributed by atoms with van der Waals surface area (Å²) >= 11 is 1.39. The SMILES string of the molecule is Cc1cccc2cc3c(=O)n(C)c(=O)nc-3sc12. The van der Waals surface area contributed by atoms with Crippen molar-refractivity contribution in [2.24, 2.45) is 7.05 Å².